The molecule has 2 aromatic heterocycles. The van der Waals surface area contributed by atoms with Crippen LogP contribution < -0.4 is 20.3 Å². The van der Waals surface area contributed by atoms with Crippen molar-refractivity contribution in [2.75, 3.05) is 56.6 Å². The van der Waals surface area contributed by atoms with Gasteiger partial charge in [0.05, 0.1) is 29.7 Å². The maximum atomic E-state index is 15.2. The number of aromatic nitrogens is 3. The third kappa shape index (κ3) is 9.95. The van der Waals surface area contributed by atoms with Crippen LogP contribution in [0.2, 0.25) is 0 Å². The molecule has 0 bridgehead atoms. The summed E-state index contributed by atoms with van der Waals surface area (Å²) < 4.78 is 35.7. The molecule has 358 valence electrons. The van der Waals surface area contributed by atoms with Crippen LogP contribution in [0.3, 0.4) is 0 Å². The van der Waals surface area contributed by atoms with Gasteiger partial charge in [-0.2, -0.15) is 0 Å². The van der Waals surface area contributed by atoms with Gasteiger partial charge in [-0.05, 0) is 155 Å². The number of aliphatic hydroxyl groups is 1. The second-order valence-corrected chi connectivity index (χ2v) is 19.1. The zero-order valence-corrected chi connectivity index (χ0v) is 39.3. The van der Waals surface area contributed by atoms with Crippen LogP contribution in [0.5, 0.6) is 5.75 Å². The molecule has 5 amide bonds. The Morgan fingerprint density at radius 2 is 1.64 bits per heavy atom. The summed E-state index contributed by atoms with van der Waals surface area (Å²) in [6, 6.07) is 21.4. The average molecular weight is 939 g/mol. The Labute approximate surface area is 399 Å². The van der Waals surface area contributed by atoms with Crippen molar-refractivity contribution in [3.05, 3.63) is 125 Å². The highest BCUT2D eigenvalue weighted by Crippen LogP contribution is 2.42. The number of likely N-dealkylation sites (tertiary alicyclic amines) is 2. The molecule has 1 spiro atoms. The van der Waals surface area contributed by atoms with Crippen molar-refractivity contribution in [2.24, 2.45) is 5.41 Å². The molecule has 4 aromatic carbocycles. The first kappa shape index (κ1) is 47.0. The van der Waals surface area contributed by atoms with Crippen molar-refractivity contribution in [2.45, 2.75) is 71.3 Å². The van der Waals surface area contributed by atoms with E-state index in [2.05, 4.69) is 54.8 Å². The molecule has 3 saturated heterocycles. The number of fused-ring (bicyclic) bond motifs is 1. The number of nitrogens with one attached hydrogen (secondary N) is 3. The van der Waals surface area contributed by atoms with Crippen LogP contribution in [0, 0.1) is 24.0 Å². The fourth-order valence-electron chi connectivity index (χ4n) is 9.94. The third-order valence-electron chi connectivity index (χ3n) is 14.2. The summed E-state index contributed by atoms with van der Waals surface area (Å²) in [7, 11) is 1.52. The minimum atomic E-state index is -1.29. The molecule has 3 fully saturated rings. The number of urea groups is 1. The van der Waals surface area contributed by atoms with Gasteiger partial charge in [-0.1, -0.05) is 30.3 Å². The number of carbonyl (C=O) groups excluding carboxylic acids is 4. The Morgan fingerprint density at radius 1 is 0.899 bits per heavy atom. The maximum Gasteiger partial charge on any atom is 0.328 e. The number of carbonyl (C=O) groups is 4. The number of nitrogens with zero attached hydrogens (tertiary/aromatic N) is 5. The zero-order valence-electron chi connectivity index (χ0n) is 39.3. The van der Waals surface area contributed by atoms with Gasteiger partial charge in [-0.15, -0.1) is 0 Å². The average Bonchev–Trinajstić information content (AvgIpc) is 3.78. The normalized spacial score (nSPS) is 16.5. The van der Waals surface area contributed by atoms with E-state index in [1.807, 2.05) is 11.0 Å². The second kappa shape index (κ2) is 19.2. The van der Waals surface area contributed by atoms with Crippen molar-refractivity contribution >= 4 is 46.2 Å². The Balaban J connectivity index is 0.774. The molecule has 0 saturated carbocycles. The number of halogens is 2. The van der Waals surface area contributed by atoms with Crippen LogP contribution in [0.25, 0.3) is 33.5 Å². The number of hydrogen-bond acceptors (Lipinski definition) is 9. The summed E-state index contributed by atoms with van der Waals surface area (Å²) in [4.78, 5) is 69.5. The molecule has 4 N–H and O–H groups in total. The highest BCUT2D eigenvalue weighted by atomic mass is 19.1. The molecular formula is C53H56F2N8O6. The van der Waals surface area contributed by atoms with E-state index >= 15 is 8.78 Å². The van der Waals surface area contributed by atoms with Crippen molar-refractivity contribution < 1.29 is 37.8 Å². The van der Waals surface area contributed by atoms with Crippen LogP contribution in [0.4, 0.5) is 25.0 Å². The number of benzene rings is 4. The number of amides is 5. The molecule has 0 radical (unpaired) electrons. The maximum absolute atomic E-state index is 15.2. The summed E-state index contributed by atoms with van der Waals surface area (Å²) in [5.41, 5.74) is 5.20. The number of aromatic amines is 1. The Kier molecular flexibility index (Phi) is 13.1. The number of piperidine rings is 2. The Hall–Kier alpha value is -7.04. The molecule has 0 aliphatic carbocycles. The van der Waals surface area contributed by atoms with E-state index in [0.29, 0.717) is 63.5 Å². The number of ether oxygens (including phenoxy) is 1. The fraction of sp³-hybridized carbons (Fsp3) is 0.358. The van der Waals surface area contributed by atoms with E-state index in [0.717, 1.165) is 75.5 Å². The number of imide groups is 1. The quantitative estimate of drug-likeness (QED) is 0.0936. The molecule has 0 unspecified atom stereocenters. The SMILES string of the molecule is COc1ccc(C(=O)N2CCC3(CCN(CCCc4ccc(-c5cc6c(-c7cc(F)cc(NC(=O)c8ccc(C(C)(C)O)cc8F)c7C)ncnc6[nH]5)cc4)CC3)CC2)cc1N1CCC(=O)NC1=O. The molecule has 5 heterocycles. The van der Waals surface area contributed by atoms with Crippen LogP contribution in [0.15, 0.2) is 85.2 Å². The minimum Gasteiger partial charge on any atom is -0.495 e. The van der Waals surface area contributed by atoms with Gasteiger partial charge >= 0.3 is 6.03 Å². The Bertz CT molecular complexity index is 2950. The number of hydrogen-bond donors (Lipinski definition) is 4. The molecule has 69 heavy (non-hydrogen) atoms. The monoisotopic (exact) mass is 938 g/mol. The van der Waals surface area contributed by atoms with Crippen LogP contribution in [-0.2, 0) is 16.8 Å². The predicted molar refractivity (Wildman–Crippen MR) is 259 cm³/mol. The smallest absolute Gasteiger partial charge is 0.328 e. The van der Waals surface area contributed by atoms with Gasteiger partial charge in [0.25, 0.3) is 11.8 Å². The van der Waals surface area contributed by atoms with Gasteiger partial charge in [0.2, 0.25) is 5.91 Å². The number of H-pyrrole nitrogens is 1. The lowest BCUT2D eigenvalue weighted by Crippen LogP contribution is -2.50. The lowest BCUT2D eigenvalue weighted by molar-refractivity contribution is -0.120. The van der Waals surface area contributed by atoms with Gasteiger partial charge in [0.1, 0.15) is 29.4 Å². The molecule has 9 rings (SSSR count). The van der Waals surface area contributed by atoms with Gasteiger partial charge in [-0.3, -0.25) is 24.6 Å². The van der Waals surface area contributed by atoms with E-state index in [9.17, 15) is 24.3 Å². The molecule has 0 atom stereocenters. The van der Waals surface area contributed by atoms with Gasteiger partial charge < -0.3 is 29.9 Å². The third-order valence-corrected chi connectivity index (χ3v) is 14.2. The molecule has 16 heteroatoms. The zero-order chi connectivity index (χ0) is 48.6. The standard InChI is InChI=1S/C53H56F2N8O6/c1-32-39(28-37(54)29-42(32)59-49(65)38-13-12-36(27-41(38)55)52(2,3)68)47-40-30-43(58-48(40)57-31-56-47)34-9-7-33(8-10-34)6-5-20-61-22-16-53(17-23-61)18-24-62(25-19-53)50(66)35-11-14-45(69-4)44(26-35)63-21-15-46(64)60-51(63)67/h7-14,26-31,68H,5-6,15-25H2,1-4H3,(H,59,65)(H,56,57,58)(H,60,64,67). The number of rotatable bonds is 12. The first-order chi connectivity index (χ1) is 33.1. The van der Waals surface area contributed by atoms with Crippen molar-refractivity contribution in [1.82, 2.24) is 30.1 Å². The Morgan fingerprint density at radius 3 is 2.33 bits per heavy atom. The largest absolute Gasteiger partial charge is 0.495 e. The van der Waals surface area contributed by atoms with E-state index < -0.39 is 29.2 Å². The van der Waals surface area contributed by atoms with E-state index in [1.165, 1.54) is 62.0 Å². The first-order valence-corrected chi connectivity index (χ1v) is 23.5. The van der Waals surface area contributed by atoms with Crippen LogP contribution >= 0.6 is 0 Å². The molecule has 14 nitrogen and oxygen atoms in total. The fourth-order valence-corrected chi connectivity index (χ4v) is 9.94. The van der Waals surface area contributed by atoms with Gasteiger partial charge in [0, 0.05) is 53.9 Å². The first-order valence-electron chi connectivity index (χ1n) is 23.5. The lowest BCUT2D eigenvalue weighted by atomic mass is 9.71. The lowest BCUT2D eigenvalue weighted by Gasteiger charge is -2.47. The van der Waals surface area contributed by atoms with Crippen LogP contribution in [-0.4, -0.2) is 100.0 Å². The van der Waals surface area contributed by atoms with E-state index in [1.54, 1.807) is 25.1 Å². The van der Waals surface area contributed by atoms with E-state index in [4.69, 9.17) is 4.74 Å². The molecule has 3 aliphatic rings. The summed E-state index contributed by atoms with van der Waals surface area (Å²) in [5.74, 6) is -2.09. The highest BCUT2D eigenvalue weighted by Gasteiger charge is 2.39. The summed E-state index contributed by atoms with van der Waals surface area (Å²) in [6.45, 7) is 9.45. The molecule has 3 aliphatic heterocycles. The van der Waals surface area contributed by atoms with E-state index in [-0.39, 0.29) is 41.4 Å². The summed E-state index contributed by atoms with van der Waals surface area (Å²) >= 11 is 0. The van der Waals surface area contributed by atoms with Crippen molar-refractivity contribution in [1.29, 1.82) is 0 Å². The van der Waals surface area contributed by atoms with Crippen LogP contribution in [0.1, 0.15) is 89.8 Å². The minimum absolute atomic E-state index is 0.0677. The second-order valence-electron chi connectivity index (χ2n) is 19.1. The number of aryl methyl sites for hydroxylation is 1. The highest BCUT2D eigenvalue weighted by molar-refractivity contribution is 6.07. The number of methoxy groups -OCH3 is 1. The predicted octanol–water partition coefficient (Wildman–Crippen LogP) is 8.76. The summed E-state index contributed by atoms with van der Waals surface area (Å²) in [6.07, 6.45) is 7.67. The molecule has 6 aromatic rings. The topological polar surface area (TPSA) is 173 Å². The summed E-state index contributed by atoms with van der Waals surface area (Å²) in [5, 5.41) is 15.9. The van der Waals surface area contributed by atoms with Crippen molar-refractivity contribution in [3.63, 3.8) is 0 Å². The van der Waals surface area contributed by atoms with Crippen molar-refractivity contribution in [3.8, 4) is 28.3 Å². The van der Waals surface area contributed by atoms with Gasteiger partial charge in [-0.25, -0.2) is 23.5 Å². The van der Waals surface area contributed by atoms with Gasteiger partial charge in [0.15, 0.2) is 0 Å². The molecular weight excluding hydrogens is 883 g/mol. The number of anilines is 2.